The molecule has 3 nitrogen and oxygen atoms in total. The fourth-order valence-corrected chi connectivity index (χ4v) is 2.42. The Balaban J connectivity index is 1.72. The van der Waals surface area contributed by atoms with Gasteiger partial charge in [0.15, 0.2) is 0 Å². The predicted octanol–water partition coefficient (Wildman–Crippen LogP) is 0.444. The molecule has 2 rings (SSSR count). The Morgan fingerprint density at radius 2 is 2.23 bits per heavy atom. The maximum absolute atomic E-state index is 5.66. The molecule has 3 heteroatoms. The molecular weight excluding hydrogens is 164 g/mol. The van der Waals surface area contributed by atoms with Gasteiger partial charge in [-0.1, -0.05) is 0 Å². The van der Waals surface area contributed by atoms with Crippen molar-refractivity contribution >= 4 is 0 Å². The summed E-state index contributed by atoms with van der Waals surface area (Å²) < 4.78 is 5.28. The van der Waals surface area contributed by atoms with Crippen LogP contribution < -0.4 is 5.73 Å². The van der Waals surface area contributed by atoms with Crippen molar-refractivity contribution in [2.45, 2.75) is 31.4 Å². The van der Waals surface area contributed by atoms with E-state index in [0.717, 1.165) is 18.5 Å². The molecule has 13 heavy (non-hydrogen) atoms. The van der Waals surface area contributed by atoms with Crippen LogP contribution in [0.1, 0.15) is 19.3 Å². The van der Waals surface area contributed by atoms with E-state index in [-0.39, 0.29) is 0 Å². The lowest BCUT2D eigenvalue weighted by Crippen LogP contribution is -2.47. The Labute approximate surface area is 80.2 Å². The second kappa shape index (κ2) is 3.95. The molecule has 0 amide bonds. The lowest BCUT2D eigenvalue weighted by molar-refractivity contribution is -0.0210. The molecule has 0 aromatic carbocycles. The minimum absolute atomic E-state index is 0.530. The van der Waals surface area contributed by atoms with E-state index < -0.39 is 0 Å². The molecule has 1 heterocycles. The second-order valence-electron chi connectivity index (χ2n) is 4.37. The highest BCUT2D eigenvalue weighted by molar-refractivity contribution is 4.91. The molecule has 0 aromatic heterocycles. The topological polar surface area (TPSA) is 38.5 Å². The van der Waals surface area contributed by atoms with Crippen LogP contribution in [0.4, 0.5) is 0 Å². The number of likely N-dealkylation sites (tertiary alicyclic amines) is 1. The van der Waals surface area contributed by atoms with Crippen LogP contribution >= 0.6 is 0 Å². The van der Waals surface area contributed by atoms with Gasteiger partial charge in [-0.2, -0.15) is 0 Å². The fraction of sp³-hybridized carbons (Fsp3) is 1.00. The number of rotatable bonds is 3. The predicted molar refractivity (Wildman–Crippen MR) is 52.6 cm³/mol. The van der Waals surface area contributed by atoms with Gasteiger partial charge in [-0.15, -0.1) is 0 Å². The molecule has 2 N–H and O–H groups in total. The molecule has 0 radical (unpaired) electrons. The van der Waals surface area contributed by atoms with Crippen molar-refractivity contribution in [2.24, 2.45) is 11.7 Å². The van der Waals surface area contributed by atoms with Gasteiger partial charge in [-0.25, -0.2) is 0 Å². The minimum atomic E-state index is 0.530. The van der Waals surface area contributed by atoms with Crippen molar-refractivity contribution in [3.8, 4) is 0 Å². The Kier molecular flexibility index (Phi) is 2.86. The van der Waals surface area contributed by atoms with Gasteiger partial charge in [0.25, 0.3) is 0 Å². The van der Waals surface area contributed by atoms with E-state index in [2.05, 4.69) is 4.90 Å². The number of methoxy groups -OCH3 is 1. The van der Waals surface area contributed by atoms with Crippen molar-refractivity contribution < 1.29 is 4.74 Å². The molecule has 76 valence electrons. The Hall–Kier alpha value is -0.120. The van der Waals surface area contributed by atoms with Gasteiger partial charge in [0, 0.05) is 19.7 Å². The summed E-state index contributed by atoms with van der Waals surface area (Å²) >= 11 is 0. The monoisotopic (exact) mass is 184 g/mol. The SMILES string of the molecule is COC1CC(N2CCC(CN)C2)C1. The summed E-state index contributed by atoms with van der Waals surface area (Å²) in [6.07, 6.45) is 4.29. The van der Waals surface area contributed by atoms with Gasteiger partial charge in [-0.3, -0.25) is 4.90 Å². The first-order valence-corrected chi connectivity index (χ1v) is 5.30. The molecule has 0 spiro atoms. The van der Waals surface area contributed by atoms with E-state index in [4.69, 9.17) is 10.5 Å². The smallest absolute Gasteiger partial charge is 0.0601 e. The average molecular weight is 184 g/mol. The first-order chi connectivity index (χ1) is 6.33. The largest absolute Gasteiger partial charge is 0.381 e. The number of hydrogen-bond acceptors (Lipinski definition) is 3. The number of ether oxygens (including phenoxy) is 1. The molecule has 2 fully saturated rings. The molecule has 2 aliphatic rings. The summed E-state index contributed by atoms with van der Waals surface area (Å²) in [5.41, 5.74) is 5.66. The Bertz CT molecular complexity index is 168. The summed E-state index contributed by atoms with van der Waals surface area (Å²) in [5.74, 6) is 0.751. The standard InChI is InChI=1S/C10H20N2O/c1-13-10-4-9(5-10)12-3-2-8(6-11)7-12/h8-10H,2-7,11H2,1H3. The number of hydrogen-bond donors (Lipinski definition) is 1. The van der Waals surface area contributed by atoms with E-state index >= 15 is 0 Å². The summed E-state index contributed by atoms with van der Waals surface area (Å²) in [5, 5.41) is 0. The van der Waals surface area contributed by atoms with Crippen LogP contribution in [0.15, 0.2) is 0 Å². The molecule has 0 bridgehead atoms. The lowest BCUT2D eigenvalue weighted by Gasteiger charge is -2.40. The third-order valence-corrected chi connectivity index (χ3v) is 3.57. The summed E-state index contributed by atoms with van der Waals surface area (Å²) in [6, 6.07) is 0.793. The molecule has 1 saturated heterocycles. The molecule has 1 unspecified atom stereocenters. The van der Waals surface area contributed by atoms with Crippen LogP contribution in [0.5, 0.6) is 0 Å². The summed E-state index contributed by atoms with van der Waals surface area (Å²) in [4.78, 5) is 2.59. The van der Waals surface area contributed by atoms with Crippen molar-refractivity contribution in [1.82, 2.24) is 4.90 Å². The average Bonchev–Trinajstić information content (AvgIpc) is 2.51. The van der Waals surface area contributed by atoms with Gasteiger partial charge >= 0.3 is 0 Å². The molecule has 0 aromatic rings. The lowest BCUT2D eigenvalue weighted by atomic mass is 9.88. The maximum atomic E-state index is 5.66. The molecule has 1 saturated carbocycles. The van der Waals surface area contributed by atoms with Crippen molar-refractivity contribution in [3.63, 3.8) is 0 Å². The van der Waals surface area contributed by atoms with Gasteiger partial charge in [0.1, 0.15) is 0 Å². The highest BCUT2D eigenvalue weighted by Gasteiger charge is 2.36. The minimum Gasteiger partial charge on any atom is -0.381 e. The van der Waals surface area contributed by atoms with Gasteiger partial charge in [0.2, 0.25) is 0 Å². The molecule has 1 atom stereocenters. The zero-order valence-electron chi connectivity index (χ0n) is 8.41. The Morgan fingerprint density at radius 3 is 2.77 bits per heavy atom. The first-order valence-electron chi connectivity index (χ1n) is 5.30. The second-order valence-corrected chi connectivity index (χ2v) is 4.37. The first kappa shape index (κ1) is 9.44. The van der Waals surface area contributed by atoms with Crippen molar-refractivity contribution in [1.29, 1.82) is 0 Å². The zero-order chi connectivity index (χ0) is 9.26. The van der Waals surface area contributed by atoms with Crippen molar-refractivity contribution in [3.05, 3.63) is 0 Å². The van der Waals surface area contributed by atoms with Crippen LogP contribution in [-0.4, -0.2) is 43.8 Å². The van der Waals surface area contributed by atoms with Gasteiger partial charge < -0.3 is 10.5 Å². The third-order valence-electron chi connectivity index (χ3n) is 3.57. The van der Waals surface area contributed by atoms with E-state index in [9.17, 15) is 0 Å². The third kappa shape index (κ3) is 1.87. The van der Waals surface area contributed by atoms with E-state index in [1.807, 2.05) is 7.11 Å². The quantitative estimate of drug-likeness (QED) is 0.692. The summed E-state index contributed by atoms with van der Waals surface area (Å²) in [6.45, 7) is 3.33. The molecular formula is C10H20N2O. The zero-order valence-corrected chi connectivity index (χ0v) is 8.41. The summed E-state index contributed by atoms with van der Waals surface area (Å²) in [7, 11) is 1.81. The van der Waals surface area contributed by atoms with E-state index in [1.165, 1.54) is 32.4 Å². The normalized spacial score (nSPS) is 40.6. The molecule has 1 aliphatic heterocycles. The van der Waals surface area contributed by atoms with Crippen LogP contribution in [0, 0.1) is 5.92 Å². The van der Waals surface area contributed by atoms with Gasteiger partial charge in [-0.05, 0) is 38.3 Å². The Morgan fingerprint density at radius 1 is 1.46 bits per heavy atom. The molecule has 1 aliphatic carbocycles. The van der Waals surface area contributed by atoms with Crippen LogP contribution in [-0.2, 0) is 4.74 Å². The maximum Gasteiger partial charge on any atom is 0.0601 e. The van der Waals surface area contributed by atoms with Crippen LogP contribution in [0.2, 0.25) is 0 Å². The van der Waals surface area contributed by atoms with Crippen molar-refractivity contribution in [2.75, 3.05) is 26.7 Å². The fourth-order valence-electron chi connectivity index (χ4n) is 2.42. The van der Waals surface area contributed by atoms with E-state index in [0.29, 0.717) is 6.10 Å². The highest BCUT2D eigenvalue weighted by atomic mass is 16.5. The van der Waals surface area contributed by atoms with Gasteiger partial charge in [0.05, 0.1) is 6.10 Å². The van der Waals surface area contributed by atoms with Crippen LogP contribution in [0.3, 0.4) is 0 Å². The van der Waals surface area contributed by atoms with E-state index in [1.54, 1.807) is 0 Å². The number of nitrogens with zero attached hydrogens (tertiary/aromatic N) is 1. The number of nitrogens with two attached hydrogens (primary N) is 1. The highest BCUT2D eigenvalue weighted by Crippen LogP contribution is 2.31. The van der Waals surface area contributed by atoms with Crippen LogP contribution in [0.25, 0.3) is 0 Å².